The topological polar surface area (TPSA) is 66.9 Å². The van der Waals surface area contributed by atoms with Crippen LogP contribution in [-0.4, -0.2) is 26.9 Å². The molecule has 2 N–H and O–H groups in total. The van der Waals surface area contributed by atoms with Gasteiger partial charge in [0.2, 0.25) is 11.0 Å². The molecule has 0 bridgehead atoms. The number of carbonyl (C=O) groups excluding carboxylic acids is 1. The third kappa shape index (κ3) is 5.96. The maximum atomic E-state index is 12.2. The molecule has 0 fully saturated rings. The van der Waals surface area contributed by atoms with Crippen molar-refractivity contribution in [2.45, 2.75) is 49.4 Å². The molecule has 1 atom stereocenters. The van der Waals surface area contributed by atoms with Crippen molar-refractivity contribution < 1.29 is 4.79 Å². The summed E-state index contributed by atoms with van der Waals surface area (Å²) in [4.78, 5) is 12.2. The first-order valence-corrected chi connectivity index (χ1v) is 9.61. The van der Waals surface area contributed by atoms with Crippen molar-refractivity contribution in [1.29, 1.82) is 0 Å². The summed E-state index contributed by atoms with van der Waals surface area (Å²) in [5, 5.41) is 15.6. The minimum absolute atomic E-state index is 0.0551. The van der Waals surface area contributed by atoms with Crippen molar-refractivity contribution in [2.75, 3.05) is 5.32 Å². The van der Waals surface area contributed by atoms with Gasteiger partial charge in [0.15, 0.2) is 4.34 Å². The zero-order valence-corrected chi connectivity index (χ0v) is 16.5. The zero-order valence-electron chi connectivity index (χ0n) is 14.1. The lowest BCUT2D eigenvalue weighted by Crippen LogP contribution is -2.30. The van der Waals surface area contributed by atoms with Gasteiger partial charge in [-0.25, -0.2) is 0 Å². The van der Waals surface area contributed by atoms with E-state index in [1.165, 1.54) is 23.1 Å². The standard InChI is InChI=1S/C16H21ClN4OS2/c1-10(13(22)18-9-11-7-5-6-8-12(11)17)23-15-21-20-14(24-15)19-16(2,3)4/h5-8,10H,9H2,1-4H3,(H,18,22)(H,19,20). The number of hydrogen-bond acceptors (Lipinski definition) is 6. The number of amides is 1. The second-order valence-corrected chi connectivity index (χ2v) is 9.29. The number of nitrogens with one attached hydrogen (secondary N) is 2. The Kier molecular flexibility index (Phi) is 6.48. The molecule has 0 radical (unpaired) electrons. The van der Waals surface area contributed by atoms with E-state index in [1.54, 1.807) is 0 Å². The maximum Gasteiger partial charge on any atom is 0.233 e. The highest BCUT2D eigenvalue weighted by atomic mass is 35.5. The lowest BCUT2D eigenvalue weighted by molar-refractivity contribution is -0.120. The van der Waals surface area contributed by atoms with E-state index in [4.69, 9.17) is 11.6 Å². The number of aromatic nitrogens is 2. The Balaban J connectivity index is 1.86. The van der Waals surface area contributed by atoms with E-state index in [2.05, 4.69) is 41.6 Å². The second kappa shape index (κ2) is 8.18. The third-order valence-electron chi connectivity index (χ3n) is 2.95. The monoisotopic (exact) mass is 384 g/mol. The van der Waals surface area contributed by atoms with E-state index in [0.717, 1.165) is 15.0 Å². The van der Waals surface area contributed by atoms with Gasteiger partial charge >= 0.3 is 0 Å². The minimum atomic E-state index is -0.261. The first kappa shape index (κ1) is 19.0. The minimum Gasteiger partial charge on any atom is -0.355 e. The van der Waals surface area contributed by atoms with Crippen molar-refractivity contribution >= 4 is 45.7 Å². The smallest absolute Gasteiger partial charge is 0.233 e. The largest absolute Gasteiger partial charge is 0.355 e. The Labute approximate surface area is 155 Å². The van der Waals surface area contributed by atoms with E-state index >= 15 is 0 Å². The van der Waals surface area contributed by atoms with Crippen LogP contribution < -0.4 is 10.6 Å². The quantitative estimate of drug-likeness (QED) is 0.730. The van der Waals surface area contributed by atoms with Gasteiger partial charge in [0.1, 0.15) is 0 Å². The van der Waals surface area contributed by atoms with Crippen LogP contribution in [0, 0.1) is 0 Å². The summed E-state index contributed by atoms with van der Waals surface area (Å²) in [6.45, 7) is 8.45. The van der Waals surface area contributed by atoms with Gasteiger partial charge in [0, 0.05) is 17.1 Å². The highest BCUT2D eigenvalue weighted by Gasteiger charge is 2.18. The lowest BCUT2D eigenvalue weighted by atomic mass is 10.1. The van der Waals surface area contributed by atoms with E-state index in [-0.39, 0.29) is 16.7 Å². The highest BCUT2D eigenvalue weighted by Crippen LogP contribution is 2.30. The molecule has 0 aliphatic rings. The molecule has 130 valence electrons. The molecule has 1 aromatic heterocycles. The molecule has 2 aromatic rings. The van der Waals surface area contributed by atoms with Crippen LogP contribution in [0.5, 0.6) is 0 Å². The van der Waals surface area contributed by atoms with Crippen molar-refractivity contribution in [3.05, 3.63) is 34.9 Å². The fraction of sp³-hybridized carbons (Fsp3) is 0.438. The maximum absolute atomic E-state index is 12.2. The van der Waals surface area contributed by atoms with Crippen LogP contribution in [0.2, 0.25) is 5.02 Å². The third-order valence-corrected chi connectivity index (χ3v) is 5.34. The summed E-state index contributed by atoms with van der Waals surface area (Å²) in [6, 6.07) is 7.48. The molecule has 2 rings (SSSR count). The number of rotatable bonds is 6. The Hall–Kier alpha value is -1.31. The van der Waals surface area contributed by atoms with Gasteiger partial charge in [-0.15, -0.1) is 10.2 Å². The fourth-order valence-electron chi connectivity index (χ4n) is 1.80. The van der Waals surface area contributed by atoms with Crippen molar-refractivity contribution in [2.24, 2.45) is 0 Å². The van der Waals surface area contributed by atoms with Crippen molar-refractivity contribution in [3.8, 4) is 0 Å². The fourth-order valence-corrected chi connectivity index (χ4v) is 4.13. The molecule has 0 spiro atoms. The molecule has 0 aliphatic carbocycles. The molecule has 24 heavy (non-hydrogen) atoms. The SMILES string of the molecule is CC(Sc1nnc(NC(C)(C)C)s1)C(=O)NCc1ccccc1Cl. The van der Waals surface area contributed by atoms with Gasteiger partial charge in [0.05, 0.1) is 5.25 Å². The molecular weight excluding hydrogens is 364 g/mol. The van der Waals surface area contributed by atoms with Crippen LogP contribution in [0.4, 0.5) is 5.13 Å². The Morgan fingerprint density at radius 3 is 2.71 bits per heavy atom. The number of hydrogen-bond donors (Lipinski definition) is 2. The Morgan fingerprint density at radius 2 is 2.04 bits per heavy atom. The molecule has 0 saturated heterocycles. The number of halogens is 1. The Bertz CT molecular complexity index is 699. The number of thioether (sulfide) groups is 1. The highest BCUT2D eigenvalue weighted by molar-refractivity contribution is 8.02. The van der Waals surface area contributed by atoms with E-state index in [1.807, 2.05) is 31.2 Å². The van der Waals surface area contributed by atoms with Crippen LogP contribution in [0.15, 0.2) is 28.6 Å². The summed E-state index contributed by atoms with van der Waals surface area (Å²) in [7, 11) is 0. The summed E-state index contributed by atoms with van der Waals surface area (Å²) >= 11 is 8.94. The van der Waals surface area contributed by atoms with Crippen LogP contribution in [0.1, 0.15) is 33.3 Å². The molecule has 8 heteroatoms. The average Bonchev–Trinajstić information content (AvgIpc) is 2.91. The molecule has 1 unspecified atom stereocenters. The molecule has 1 amide bonds. The first-order valence-electron chi connectivity index (χ1n) is 7.54. The van der Waals surface area contributed by atoms with E-state index in [0.29, 0.717) is 11.6 Å². The normalized spacial score (nSPS) is 12.7. The summed E-state index contributed by atoms with van der Waals surface area (Å²) < 4.78 is 0.766. The van der Waals surface area contributed by atoms with E-state index < -0.39 is 0 Å². The average molecular weight is 385 g/mol. The Morgan fingerprint density at radius 1 is 1.33 bits per heavy atom. The molecular formula is C16H21ClN4OS2. The van der Waals surface area contributed by atoms with Crippen LogP contribution in [0.3, 0.4) is 0 Å². The summed E-state index contributed by atoms with van der Waals surface area (Å²) in [6.07, 6.45) is 0. The van der Waals surface area contributed by atoms with Gasteiger partial charge in [-0.2, -0.15) is 0 Å². The molecule has 1 heterocycles. The number of carbonyl (C=O) groups is 1. The van der Waals surface area contributed by atoms with Gasteiger partial charge in [-0.1, -0.05) is 52.9 Å². The van der Waals surface area contributed by atoms with E-state index in [9.17, 15) is 4.79 Å². The van der Waals surface area contributed by atoms with Crippen molar-refractivity contribution in [1.82, 2.24) is 15.5 Å². The molecule has 0 saturated carbocycles. The zero-order chi connectivity index (χ0) is 17.7. The predicted molar refractivity (Wildman–Crippen MR) is 102 cm³/mol. The van der Waals surface area contributed by atoms with Crippen molar-refractivity contribution in [3.63, 3.8) is 0 Å². The van der Waals surface area contributed by atoms with Gasteiger partial charge in [-0.05, 0) is 39.3 Å². The van der Waals surface area contributed by atoms with Gasteiger partial charge < -0.3 is 10.6 Å². The van der Waals surface area contributed by atoms with Crippen LogP contribution in [-0.2, 0) is 11.3 Å². The number of benzene rings is 1. The number of nitrogens with zero attached hydrogens (tertiary/aromatic N) is 2. The lowest BCUT2D eigenvalue weighted by Gasteiger charge is -2.18. The summed E-state index contributed by atoms with van der Waals surface area (Å²) in [5.41, 5.74) is 0.830. The first-order chi connectivity index (χ1) is 11.2. The second-order valence-electron chi connectivity index (χ2n) is 6.32. The molecule has 0 aliphatic heterocycles. The van der Waals surface area contributed by atoms with Crippen LogP contribution >= 0.6 is 34.7 Å². The van der Waals surface area contributed by atoms with Gasteiger partial charge in [0.25, 0.3) is 0 Å². The molecule has 1 aromatic carbocycles. The molecule has 5 nitrogen and oxygen atoms in total. The number of anilines is 1. The van der Waals surface area contributed by atoms with Gasteiger partial charge in [-0.3, -0.25) is 4.79 Å². The summed E-state index contributed by atoms with van der Waals surface area (Å²) in [5.74, 6) is -0.0551. The predicted octanol–water partition coefficient (Wildman–Crippen LogP) is 4.20. The van der Waals surface area contributed by atoms with Crippen LogP contribution in [0.25, 0.3) is 0 Å².